The van der Waals surface area contributed by atoms with E-state index in [4.69, 9.17) is 17.0 Å². The number of anilines is 1. The van der Waals surface area contributed by atoms with Crippen LogP contribution in [0.3, 0.4) is 0 Å². The molecule has 2 aromatic rings. The van der Waals surface area contributed by atoms with E-state index in [1.807, 2.05) is 62.4 Å². The zero-order valence-corrected chi connectivity index (χ0v) is 14.8. The Bertz CT molecular complexity index is 869. The molecule has 1 saturated heterocycles. The number of benzene rings is 2. The van der Waals surface area contributed by atoms with Gasteiger partial charge in [-0.3, -0.25) is 4.79 Å². The molecule has 4 rings (SSSR count). The quantitative estimate of drug-likeness (QED) is 0.725. The second-order valence-electron chi connectivity index (χ2n) is 6.60. The van der Waals surface area contributed by atoms with Gasteiger partial charge in [0.1, 0.15) is 11.7 Å². The molecule has 128 valence electrons. The lowest BCUT2D eigenvalue weighted by molar-refractivity contribution is -0.132. The number of aryl methyl sites for hydroxylation is 1. The number of hydrogen-bond donors (Lipinski definition) is 3. The van der Waals surface area contributed by atoms with E-state index in [0.29, 0.717) is 5.11 Å². The van der Waals surface area contributed by atoms with Gasteiger partial charge in [0.05, 0.1) is 6.04 Å². The van der Waals surface area contributed by atoms with Crippen molar-refractivity contribution >= 4 is 28.9 Å². The molecule has 2 aliphatic heterocycles. The smallest absolute Gasteiger partial charge is 0.236 e. The predicted octanol–water partition coefficient (Wildman–Crippen LogP) is 2.88. The Balaban J connectivity index is 1.72. The van der Waals surface area contributed by atoms with Crippen LogP contribution in [0, 0.1) is 12.8 Å². The Labute approximate surface area is 151 Å². The molecule has 0 aromatic heterocycles. The number of hydrogen-bond acceptors (Lipinski definition) is 3. The average molecular weight is 353 g/mol. The Morgan fingerprint density at radius 2 is 1.92 bits per heavy atom. The van der Waals surface area contributed by atoms with Crippen molar-refractivity contribution in [3.8, 4) is 5.75 Å². The molecule has 0 spiro atoms. The van der Waals surface area contributed by atoms with Crippen molar-refractivity contribution in [3.63, 3.8) is 0 Å². The van der Waals surface area contributed by atoms with E-state index in [2.05, 4.69) is 16.0 Å². The van der Waals surface area contributed by atoms with Crippen LogP contribution in [0.15, 0.2) is 48.5 Å². The normalized spacial score (nSPS) is 26.6. The Morgan fingerprint density at radius 3 is 2.72 bits per heavy atom. The summed E-state index contributed by atoms with van der Waals surface area (Å²) in [5, 5.41) is 9.90. The van der Waals surface area contributed by atoms with Crippen LogP contribution >= 0.6 is 12.2 Å². The summed E-state index contributed by atoms with van der Waals surface area (Å²) in [6, 6.07) is 15.2. The third kappa shape index (κ3) is 2.62. The summed E-state index contributed by atoms with van der Waals surface area (Å²) < 4.78 is 6.16. The minimum absolute atomic E-state index is 0.112. The summed E-state index contributed by atoms with van der Waals surface area (Å²) in [5.41, 5.74) is 1.85. The fourth-order valence-electron chi connectivity index (χ4n) is 3.61. The third-order valence-corrected chi connectivity index (χ3v) is 5.06. The van der Waals surface area contributed by atoms with Gasteiger partial charge in [0.15, 0.2) is 10.8 Å². The second-order valence-corrected chi connectivity index (χ2v) is 7.01. The highest BCUT2D eigenvalue weighted by molar-refractivity contribution is 7.80. The molecule has 3 atom stereocenters. The van der Waals surface area contributed by atoms with Crippen molar-refractivity contribution < 1.29 is 9.53 Å². The van der Waals surface area contributed by atoms with Gasteiger partial charge in [-0.15, -0.1) is 0 Å². The molecular weight excluding hydrogens is 334 g/mol. The van der Waals surface area contributed by atoms with E-state index in [1.54, 1.807) is 0 Å². The van der Waals surface area contributed by atoms with Crippen LogP contribution in [0.5, 0.6) is 5.75 Å². The van der Waals surface area contributed by atoms with Crippen molar-refractivity contribution in [2.45, 2.75) is 25.6 Å². The Hall–Kier alpha value is -2.60. The summed E-state index contributed by atoms with van der Waals surface area (Å²) in [5.74, 6) is 0.171. The lowest BCUT2D eigenvalue weighted by Crippen LogP contribution is -2.70. The molecule has 2 aliphatic rings. The molecule has 1 amide bonds. The predicted molar refractivity (Wildman–Crippen MR) is 100 cm³/mol. The summed E-state index contributed by atoms with van der Waals surface area (Å²) in [6.45, 7) is 3.83. The first-order valence-corrected chi connectivity index (χ1v) is 8.62. The topological polar surface area (TPSA) is 62.4 Å². The molecule has 6 heteroatoms. The first-order chi connectivity index (χ1) is 12.0. The third-order valence-electron chi connectivity index (χ3n) is 4.84. The molecule has 0 radical (unpaired) electrons. The number of amides is 1. The highest BCUT2D eigenvalue weighted by Gasteiger charge is 2.54. The largest absolute Gasteiger partial charge is 0.467 e. The number of thiocarbonyl (C=S) groups is 1. The molecule has 0 aliphatic carbocycles. The zero-order chi connectivity index (χ0) is 17.6. The Kier molecular flexibility index (Phi) is 3.65. The molecule has 5 nitrogen and oxygen atoms in total. The van der Waals surface area contributed by atoms with Gasteiger partial charge < -0.3 is 20.7 Å². The standard InChI is InChI=1S/C19H19N3O2S/c1-11-7-3-5-9-13(11)20-17(23)15-16-12-8-4-6-10-14(12)24-19(15,2)22-18(25)21-16/h3-10,15-16H,1-2H3,(H,20,23)(H2,21,22,25). The number of carbonyl (C=O) groups is 1. The van der Waals surface area contributed by atoms with Gasteiger partial charge in [0, 0.05) is 11.3 Å². The fourth-order valence-corrected chi connectivity index (χ4v) is 3.94. The number of para-hydroxylation sites is 2. The van der Waals surface area contributed by atoms with E-state index >= 15 is 0 Å². The summed E-state index contributed by atoms with van der Waals surface area (Å²) in [6.07, 6.45) is 0. The molecule has 3 N–H and O–H groups in total. The van der Waals surface area contributed by atoms with Gasteiger partial charge in [-0.1, -0.05) is 36.4 Å². The van der Waals surface area contributed by atoms with Crippen molar-refractivity contribution in [1.82, 2.24) is 10.6 Å². The van der Waals surface area contributed by atoms with Crippen LogP contribution in [0.2, 0.25) is 0 Å². The minimum atomic E-state index is -0.909. The Morgan fingerprint density at radius 1 is 1.20 bits per heavy atom. The second kappa shape index (κ2) is 5.74. The first kappa shape index (κ1) is 15.9. The molecule has 1 fully saturated rings. The number of fused-ring (bicyclic) bond motifs is 4. The van der Waals surface area contributed by atoms with E-state index in [9.17, 15) is 4.79 Å². The zero-order valence-electron chi connectivity index (χ0n) is 14.0. The highest BCUT2D eigenvalue weighted by Crippen LogP contribution is 2.45. The number of ether oxygens (including phenoxy) is 1. The average Bonchev–Trinajstić information content (AvgIpc) is 2.55. The van der Waals surface area contributed by atoms with E-state index in [-0.39, 0.29) is 11.9 Å². The van der Waals surface area contributed by atoms with Crippen molar-refractivity contribution in [2.75, 3.05) is 5.32 Å². The van der Waals surface area contributed by atoms with Gasteiger partial charge in [0.2, 0.25) is 5.91 Å². The summed E-state index contributed by atoms with van der Waals surface area (Å²) >= 11 is 5.32. The van der Waals surface area contributed by atoms with Crippen LogP contribution < -0.4 is 20.7 Å². The van der Waals surface area contributed by atoms with Gasteiger partial charge >= 0.3 is 0 Å². The van der Waals surface area contributed by atoms with Crippen LogP contribution in [0.25, 0.3) is 0 Å². The van der Waals surface area contributed by atoms with Gasteiger partial charge in [-0.2, -0.15) is 0 Å². The molecule has 25 heavy (non-hydrogen) atoms. The lowest BCUT2D eigenvalue weighted by atomic mass is 9.80. The van der Waals surface area contributed by atoms with Gasteiger partial charge in [-0.25, -0.2) is 0 Å². The molecular formula is C19H19N3O2S. The van der Waals surface area contributed by atoms with Gasteiger partial charge in [-0.05, 0) is 43.8 Å². The van der Waals surface area contributed by atoms with Crippen molar-refractivity contribution in [3.05, 3.63) is 59.7 Å². The van der Waals surface area contributed by atoms with Crippen LogP contribution in [-0.2, 0) is 4.79 Å². The maximum atomic E-state index is 13.1. The summed E-state index contributed by atoms with van der Waals surface area (Å²) in [4.78, 5) is 13.1. The van der Waals surface area contributed by atoms with Crippen LogP contribution in [0.4, 0.5) is 5.69 Å². The maximum absolute atomic E-state index is 13.1. The van der Waals surface area contributed by atoms with Crippen molar-refractivity contribution in [1.29, 1.82) is 0 Å². The van der Waals surface area contributed by atoms with E-state index in [1.165, 1.54) is 0 Å². The number of nitrogens with one attached hydrogen (secondary N) is 3. The first-order valence-electron chi connectivity index (χ1n) is 8.21. The molecule has 0 saturated carbocycles. The van der Waals surface area contributed by atoms with Gasteiger partial charge in [0.25, 0.3) is 0 Å². The summed E-state index contributed by atoms with van der Waals surface area (Å²) in [7, 11) is 0. The molecule has 2 heterocycles. The number of rotatable bonds is 2. The number of carbonyl (C=O) groups excluding carboxylic acids is 1. The monoisotopic (exact) mass is 353 g/mol. The maximum Gasteiger partial charge on any atom is 0.236 e. The fraction of sp³-hybridized carbons (Fsp3) is 0.263. The minimum Gasteiger partial charge on any atom is -0.467 e. The van der Waals surface area contributed by atoms with Crippen LogP contribution in [-0.4, -0.2) is 16.7 Å². The lowest BCUT2D eigenvalue weighted by Gasteiger charge is -2.50. The molecule has 2 aromatic carbocycles. The molecule has 3 unspecified atom stereocenters. The highest BCUT2D eigenvalue weighted by atomic mass is 32.1. The van der Waals surface area contributed by atoms with Crippen molar-refractivity contribution in [2.24, 2.45) is 5.92 Å². The molecule has 2 bridgehead atoms. The SMILES string of the molecule is Cc1ccccc1NC(=O)C1C2NC(=S)NC1(C)Oc1ccccc12. The van der Waals surface area contributed by atoms with E-state index in [0.717, 1.165) is 22.6 Å². The van der Waals surface area contributed by atoms with E-state index < -0.39 is 11.6 Å². The van der Waals surface area contributed by atoms with Crippen LogP contribution in [0.1, 0.15) is 24.1 Å².